The van der Waals surface area contributed by atoms with Gasteiger partial charge in [0.05, 0.1) is 0 Å². The fourth-order valence-corrected chi connectivity index (χ4v) is 2.42. The van der Waals surface area contributed by atoms with Crippen LogP contribution in [-0.2, 0) is 6.42 Å². The highest BCUT2D eigenvalue weighted by molar-refractivity contribution is 5.42. The molecule has 23 heavy (non-hydrogen) atoms. The number of aryl methyl sites for hydroxylation is 3. The normalized spacial score (nSPS) is 9.87. The molecule has 3 aromatic rings. The van der Waals surface area contributed by atoms with Gasteiger partial charge < -0.3 is 5.11 Å². The second-order valence-corrected chi connectivity index (χ2v) is 5.88. The van der Waals surface area contributed by atoms with Gasteiger partial charge in [-0.15, -0.1) is 0 Å². The van der Waals surface area contributed by atoms with E-state index >= 15 is 0 Å². The van der Waals surface area contributed by atoms with Crippen LogP contribution in [0.15, 0.2) is 72.8 Å². The highest BCUT2D eigenvalue weighted by Crippen LogP contribution is 2.23. The number of hydrogen-bond donors (Lipinski definition) is 1. The van der Waals surface area contributed by atoms with E-state index in [9.17, 15) is 5.11 Å². The molecule has 0 bridgehead atoms. The van der Waals surface area contributed by atoms with E-state index in [4.69, 9.17) is 0 Å². The highest BCUT2D eigenvalue weighted by atomic mass is 16.3. The molecule has 0 saturated carbocycles. The molecule has 1 nitrogen and oxygen atoms in total. The minimum Gasteiger partial charge on any atom is -0.508 e. The maximum absolute atomic E-state index is 9.70. The molecular formula is C22H24O. The quantitative estimate of drug-likeness (QED) is 0.654. The van der Waals surface area contributed by atoms with Crippen LogP contribution in [0.2, 0.25) is 0 Å². The molecule has 3 rings (SSSR count). The molecule has 1 N–H and O–H groups in total. The Bertz CT molecular complexity index is 731. The molecule has 0 aliphatic heterocycles. The lowest BCUT2D eigenvalue weighted by Crippen LogP contribution is -1.92. The Morgan fingerprint density at radius 1 is 0.696 bits per heavy atom. The Morgan fingerprint density at radius 3 is 1.78 bits per heavy atom. The van der Waals surface area contributed by atoms with Crippen LogP contribution in [-0.4, -0.2) is 5.11 Å². The summed E-state index contributed by atoms with van der Waals surface area (Å²) in [5.74, 6) is 0.386. The van der Waals surface area contributed by atoms with Gasteiger partial charge in [0.2, 0.25) is 0 Å². The van der Waals surface area contributed by atoms with Crippen molar-refractivity contribution in [1.29, 1.82) is 0 Å². The average Bonchev–Trinajstić information content (AvgIpc) is 2.55. The third-order valence-electron chi connectivity index (χ3n) is 3.83. The first kappa shape index (κ1) is 16.8. The standard InChI is InChI=1S/C15H16O.C7H8/c1-11-8-12(2)15(16)10-14(11)9-13-6-4-3-5-7-13;1-7-5-3-2-4-6-7/h3-8,10,16H,9H2,1-2H3;2-6H,1H3. The Hall–Kier alpha value is -2.54. The zero-order valence-corrected chi connectivity index (χ0v) is 14.1. The Morgan fingerprint density at radius 2 is 1.26 bits per heavy atom. The molecular weight excluding hydrogens is 280 g/mol. The molecule has 0 aliphatic carbocycles. The molecule has 0 aromatic heterocycles. The molecule has 0 aliphatic rings. The summed E-state index contributed by atoms with van der Waals surface area (Å²) in [6.07, 6.45) is 0.876. The van der Waals surface area contributed by atoms with Gasteiger partial charge in [0, 0.05) is 0 Å². The highest BCUT2D eigenvalue weighted by Gasteiger charge is 2.04. The van der Waals surface area contributed by atoms with E-state index in [1.807, 2.05) is 55.5 Å². The van der Waals surface area contributed by atoms with Gasteiger partial charge in [0.1, 0.15) is 5.75 Å². The van der Waals surface area contributed by atoms with Gasteiger partial charge in [-0.3, -0.25) is 0 Å². The molecule has 0 unspecified atom stereocenters. The molecule has 1 heteroatoms. The van der Waals surface area contributed by atoms with E-state index in [1.165, 1.54) is 22.3 Å². The van der Waals surface area contributed by atoms with Crippen LogP contribution in [0.25, 0.3) is 0 Å². The van der Waals surface area contributed by atoms with Gasteiger partial charge in [-0.1, -0.05) is 72.3 Å². The predicted octanol–water partition coefficient (Wildman–Crippen LogP) is 5.59. The summed E-state index contributed by atoms with van der Waals surface area (Å²) in [5.41, 5.74) is 5.96. The van der Waals surface area contributed by atoms with Gasteiger partial charge in [-0.05, 0) is 55.5 Å². The first-order valence-electron chi connectivity index (χ1n) is 7.91. The fraction of sp³-hybridized carbons (Fsp3) is 0.182. The number of benzene rings is 3. The van der Waals surface area contributed by atoms with Gasteiger partial charge in [0.25, 0.3) is 0 Å². The van der Waals surface area contributed by atoms with Crippen molar-refractivity contribution >= 4 is 0 Å². The average molecular weight is 304 g/mol. The van der Waals surface area contributed by atoms with Crippen molar-refractivity contribution in [2.24, 2.45) is 0 Å². The predicted molar refractivity (Wildman–Crippen MR) is 98.0 cm³/mol. The lowest BCUT2D eigenvalue weighted by Gasteiger charge is -2.08. The minimum atomic E-state index is 0.386. The monoisotopic (exact) mass is 304 g/mol. The number of phenolic OH excluding ortho intramolecular Hbond substituents is 1. The van der Waals surface area contributed by atoms with Gasteiger partial charge in [-0.25, -0.2) is 0 Å². The lowest BCUT2D eigenvalue weighted by molar-refractivity contribution is 0.470. The number of phenols is 1. The Kier molecular flexibility index (Phi) is 5.99. The first-order valence-corrected chi connectivity index (χ1v) is 7.91. The maximum Gasteiger partial charge on any atom is 0.118 e. The largest absolute Gasteiger partial charge is 0.508 e. The SMILES string of the molecule is Cc1cc(C)c(Cc2ccccc2)cc1O.Cc1ccccc1. The number of aromatic hydroxyl groups is 1. The molecule has 0 heterocycles. The van der Waals surface area contributed by atoms with Crippen molar-refractivity contribution in [1.82, 2.24) is 0 Å². The van der Waals surface area contributed by atoms with Crippen LogP contribution in [0.3, 0.4) is 0 Å². The van der Waals surface area contributed by atoms with Crippen LogP contribution in [0.4, 0.5) is 0 Å². The van der Waals surface area contributed by atoms with E-state index in [0.717, 1.165) is 12.0 Å². The first-order chi connectivity index (χ1) is 11.1. The third kappa shape index (κ3) is 5.30. The smallest absolute Gasteiger partial charge is 0.118 e. The van der Waals surface area contributed by atoms with E-state index in [2.05, 4.69) is 38.1 Å². The summed E-state index contributed by atoms with van der Waals surface area (Å²) < 4.78 is 0. The van der Waals surface area contributed by atoms with Crippen molar-refractivity contribution in [3.05, 3.63) is 101 Å². The zero-order valence-electron chi connectivity index (χ0n) is 14.1. The maximum atomic E-state index is 9.70. The van der Waals surface area contributed by atoms with Crippen molar-refractivity contribution in [3.8, 4) is 5.75 Å². The summed E-state index contributed by atoms with van der Waals surface area (Å²) in [7, 11) is 0. The van der Waals surface area contributed by atoms with Crippen molar-refractivity contribution in [2.45, 2.75) is 27.2 Å². The molecule has 0 radical (unpaired) electrons. The minimum absolute atomic E-state index is 0.386. The summed E-state index contributed by atoms with van der Waals surface area (Å²) in [4.78, 5) is 0. The lowest BCUT2D eigenvalue weighted by atomic mass is 9.98. The van der Waals surface area contributed by atoms with Gasteiger partial charge in [-0.2, -0.15) is 0 Å². The summed E-state index contributed by atoms with van der Waals surface area (Å²) in [5, 5.41) is 9.70. The van der Waals surface area contributed by atoms with E-state index in [0.29, 0.717) is 5.75 Å². The zero-order chi connectivity index (χ0) is 16.7. The summed E-state index contributed by atoms with van der Waals surface area (Å²) in [6, 6.07) is 24.5. The molecule has 0 amide bonds. The topological polar surface area (TPSA) is 20.2 Å². The van der Waals surface area contributed by atoms with Crippen LogP contribution in [0.1, 0.15) is 27.8 Å². The molecule has 0 atom stereocenters. The van der Waals surface area contributed by atoms with E-state index < -0.39 is 0 Å². The molecule has 118 valence electrons. The fourth-order valence-electron chi connectivity index (χ4n) is 2.42. The van der Waals surface area contributed by atoms with Crippen LogP contribution < -0.4 is 0 Å². The molecule has 0 fully saturated rings. The second-order valence-electron chi connectivity index (χ2n) is 5.88. The van der Waals surface area contributed by atoms with Gasteiger partial charge in [0.15, 0.2) is 0 Å². The van der Waals surface area contributed by atoms with E-state index in [-0.39, 0.29) is 0 Å². The van der Waals surface area contributed by atoms with Crippen molar-refractivity contribution < 1.29 is 5.11 Å². The van der Waals surface area contributed by atoms with Crippen LogP contribution >= 0.6 is 0 Å². The van der Waals surface area contributed by atoms with Crippen molar-refractivity contribution in [3.63, 3.8) is 0 Å². The summed E-state index contributed by atoms with van der Waals surface area (Å²) >= 11 is 0. The Balaban J connectivity index is 0.000000229. The van der Waals surface area contributed by atoms with Crippen LogP contribution in [0, 0.1) is 20.8 Å². The number of rotatable bonds is 2. The number of hydrogen-bond acceptors (Lipinski definition) is 1. The molecule has 0 saturated heterocycles. The summed E-state index contributed by atoms with van der Waals surface area (Å²) in [6.45, 7) is 6.10. The molecule has 0 spiro atoms. The van der Waals surface area contributed by atoms with Crippen molar-refractivity contribution in [2.75, 3.05) is 0 Å². The van der Waals surface area contributed by atoms with Crippen LogP contribution in [0.5, 0.6) is 5.75 Å². The second kappa shape index (κ2) is 8.19. The van der Waals surface area contributed by atoms with E-state index in [1.54, 1.807) is 0 Å². The molecule has 3 aromatic carbocycles. The van der Waals surface area contributed by atoms with Gasteiger partial charge >= 0.3 is 0 Å². The Labute approximate surface area is 139 Å². The third-order valence-corrected chi connectivity index (χ3v) is 3.83.